The van der Waals surface area contributed by atoms with E-state index in [1.165, 1.54) is 32.8 Å². The Morgan fingerprint density at radius 2 is 1.95 bits per heavy atom. The molecule has 0 saturated heterocycles. The Hall–Kier alpha value is -0.220. The van der Waals surface area contributed by atoms with Crippen LogP contribution in [-0.2, 0) is 9.53 Å². The summed E-state index contributed by atoms with van der Waals surface area (Å²) in [4.78, 5) is 12.2. The summed E-state index contributed by atoms with van der Waals surface area (Å²) in [6.07, 6.45) is 8.48. The summed E-state index contributed by atoms with van der Waals surface area (Å²) >= 11 is 2.12. The van der Waals surface area contributed by atoms with Gasteiger partial charge >= 0.3 is 5.97 Å². The van der Waals surface area contributed by atoms with Crippen molar-refractivity contribution in [3.8, 4) is 0 Å². The van der Waals surface area contributed by atoms with Crippen molar-refractivity contribution in [2.75, 3.05) is 7.11 Å². The Morgan fingerprint density at radius 3 is 2.53 bits per heavy atom. The van der Waals surface area contributed by atoms with Gasteiger partial charge in [0, 0.05) is 16.5 Å². The van der Waals surface area contributed by atoms with Gasteiger partial charge in [-0.1, -0.05) is 12.8 Å². The maximum Gasteiger partial charge on any atom is 0.326 e. The normalized spacial score (nSPS) is 32.1. The second kappa shape index (κ2) is 6.49. The molecule has 0 aromatic rings. The van der Waals surface area contributed by atoms with Crippen LogP contribution in [0.15, 0.2) is 0 Å². The summed E-state index contributed by atoms with van der Waals surface area (Å²) in [6.45, 7) is 4.20. The molecule has 0 aromatic heterocycles. The number of hydrogen-bond acceptors (Lipinski definition) is 4. The molecule has 19 heavy (non-hydrogen) atoms. The Labute approximate surface area is 121 Å². The van der Waals surface area contributed by atoms with Crippen LogP contribution in [0.5, 0.6) is 0 Å². The SMILES string of the molecule is COC(=O)C1(NC(C)C)CCC(SC2CCCC2)C1. The number of rotatable bonds is 5. The summed E-state index contributed by atoms with van der Waals surface area (Å²) in [6, 6.07) is 0.314. The molecule has 0 heterocycles. The molecule has 2 fully saturated rings. The average Bonchev–Trinajstić information content (AvgIpc) is 2.99. The fourth-order valence-corrected chi connectivity index (χ4v) is 5.32. The molecule has 0 aliphatic heterocycles. The van der Waals surface area contributed by atoms with Crippen LogP contribution >= 0.6 is 11.8 Å². The number of methoxy groups -OCH3 is 1. The molecular weight excluding hydrogens is 258 g/mol. The topological polar surface area (TPSA) is 38.3 Å². The second-order valence-electron chi connectivity index (χ2n) is 6.28. The molecule has 1 N–H and O–H groups in total. The zero-order valence-electron chi connectivity index (χ0n) is 12.4. The highest BCUT2D eigenvalue weighted by atomic mass is 32.2. The average molecular weight is 285 g/mol. The number of carbonyl (C=O) groups is 1. The summed E-state index contributed by atoms with van der Waals surface area (Å²) in [5.41, 5.74) is -0.431. The number of hydrogen-bond donors (Lipinski definition) is 1. The highest BCUT2D eigenvalue weighted by Crippen LogP contribution is 2.43. The van der Waals surface area contributed by atoms with Gasteiger partial charge in [-0.25, -0.2) is 0 Å². The van der Waals surface area contributed by atoms with E-state index in [-0.39, 0.29) is 5.97 Å². The third-order valence-corrected chi connectivity index (χ3v) is 5.94. The Morgan fingerprint density at radius 1 is 1.26 bits per heavy atom. The van der Waals surface area contributed by atoms with Crippen LogP contribution in [0.1, 0.15) is 58.8 Å². The first-order chi connectivity index (χ1) is 9.05. The molecule has 2 rings (SSSR count). The van der Waals surface area contributed by atoms with Crippen LogP contribution in [0.3, 0.4) is 0 Å². The molecule has 110 valence electrons. The molecule has 0 radical (unpaired) electrons. The van der Waals surface area contributed by atoms with Crippen LogP contribution in [0.25, 0.3) is 0 Å². The first-order valence-electron chi connectivity index (χ1n) is 7.57. The number of ether oxygens (including phenoxy) is 1. The molecule has 2 aliphatic carbocycles. The minimum absolute atomic E-state index is 0.0734. The lowest BCUT2D eigenvalue weighted by atomic mass is 9.96. The molecule has 0 amide bonds. The van der Waals surface area contributed by atoms with Gasteiger partial charge < -0.3 is 4.74 Å². The van der Waals surface area contributed by atoms with Gasteiger partial charge in [-0.2, -0.15) is 11.8 Å². The molecule has 2 saturated carbocycles. The smallest absolute Gasteiger partial charge is 0.326 e. The predicted molar refractivity (Wildman–Crippen MR) is 80.5 cm³/mol. The summed E-state index contributed by atoms with van der Waals surface area (Å²) < 4.78 is 5.05. The van der Waals surface area contributed by atoms with Gasteiger partial charge in [0.15, 0.2) is 0 Å². The number of esters is 1. The molecule has 2 atom stereocenters. The molecule has 0 aromatic carbocycles. The number of thioether (sulfide) groups is 1. The summed E-state index contributed by atoms with van der Waals surface area (Å²) in [5.74, 6) is -0.0734. The summed E-state index contributed by atoms with van der Waals surface area (Å²) in [7, 11) is 1.50. The zero-order valence-corrected chi connectivity index (χ0v) is 13.2. The lowest BCUT2D eigenvalue weighted by Crippen LogP contribution is -2.53. The quantitative estimate of drug-likeness (QED) is 0.788. The highest BCUT2D eigenvalue weighted by Gasteiger charge is 2.47. The van der Waals surface area contributed by atoms with Crippen LogP contribution in [0.2, 0.25) is 0 Å². The molecule has 4 heteroatoms. The molecular formula is C15H27NO2S. The van der Waals surface area contributed by atoms with Gasteiger partial charge in [0.05, 0.1) is 7.11 Å². The Kier molecular flexibility index (Phi) is 5.18. The lowest BCUT2D eigenvalue weighted by Gasteiger charge is -2.30. The lowest BCUT2D eigenvalue weighted by molar-refractivity contribution is -0.148. The Balaban J connectivity index is 1.95. The van der Waals surface area contributed by atoms with Gasteiger partial charge in [-0.05, 0) is 46.0 Å². The van der Waals surface area contributed by atoms with Crippen molar-refractivity contribution in [2.45, 2.75) is 80.9 Å². The van der Waals surface area contributed by atoms with Crippen LogP contribution in [-0.4, -0.2) is 35.2 Å². The van der Waals surface area contributed by atoms with Gasteiger partial charge in [0.25, 0.3) is 0 Å². The third kappa shape index (κ3) is 3.66. The maximum absolute atomic E-state index is 12.2. The fourth-order valence-electron chi connectivity index (χ4n) is 3.54. The second-order valence-corrected chi connectivity index (χ2v) is 7.89. The predicted octanol–water partition coefficient (Wildman–Crippen LogP) is 3.12. The minimum Gasteiger partial charge on any atom is -0.468 e. The van der Waals surface area contributed by atoms with Crippen molar-refractivity contribution >= 4 is 17.7 Å². The molecule has 2 unspecified atom stereocenters. The summed E-state index contributed by atoms with van der Waals surface area (Å²) in [5, 5.41) is 4.92. The van der Waals surface area contributed by atoms with E-state index in [9.17, 15) is 4.79 Å². The van der Waals surface area contributed by atoms with Crippen molar-refractivity contribution in [3.05, 3.63) is 0 Å². The van der Waals surface area contributed by atoms with Gasteiger partial charge in [0.2, 0.25) is 0 Å². The van der Waals surface area contributed by atoms with Gasteiger partial charge in [-0.3, -0.25) is 10.1 Å². The first-order valence-corrected chi connectivity index (χ1v) is 8.51. The van der Waals surface area contributed by atoms with E-state index in [0.717, 1.165) is 24.5 Å². The molecule has 3 nitrogen and oxygen atoms in total. The van der Waals surface area contributed by atoms with Crippen molar-refractivity contribution < 1.29 is 9.53 Å². The van der Waals surface area contributed by atoms with E-state index in [2.05, 4.69) is 30.9 Å². The van der Waals surface area contributed by atoms with E-state index in [0.29, 0.717) is 11.3 Å². The van der Waals surface area contributed by atoms with E-state index >= 15 is 0 Å². The zero-order chi connectivity index (χ0) is 13.9. The molecule has 2 aliphatic rings. The monoisotopic (exact) mass is 285 g/mol. The van der Waals surface area contributed by atoms with Crippen molar-refractivity contribution in [1.29, 1.82) is 0 Å². The standard InChI is InChI=1S/C15H27NO2S/c1-11(2)16-15(14(17)18-3)9-8-13(10-15)19-12-6-4-5-7-12/h11-13,16H,4-10H2,1-3H3. The highest BCUT2D eigenvalue weighted by molar-refractivity contribution is 8.00. The maximum atomic E-state index is 12.2. The number of carbonyl (C=O) groups excluding carboxylic acids is 1. The molecule has 0 bridgehead atoms. The fraction of sp³-hybridized carbons (Fsp3) is 0.933. The van der Waals surface area contributed by atoms with Crippen molar-refractivity contribution in [3.63, 3.8) is 0 Å². The molecule has 0 spiro atoms. The van der Waals surface area contributed by atoms with Crippen molar-refractivity contribution in [2.24, 2.45) is 0 Å². The van der Waals surface area contributed by atoms with E-state index in [4.69, 9.17) is 4.74 Å². The largest absolute Gasteiger partial charge is 0.468 e. The van der Waals surface area contributed by atoms with E-state index in [1.54, 1.807) is 0 Å². The number of nitrogens with one attached hydrogen (secondary N) is 1. The van der Waals surface area contributed by atoms with E-state index < -0.39 is 5.54 Å². The minimum atomic E-state index is -0.431. The van der Waals surface area contributed by atoms with Gasteiger partial charge in [-0.15, -0.1) is 0 Å². The van der Waals surface area contributed by atoms with Crippen LogP contribution < -0.4 is 5.32 Å². The van der Waals surface area contributed by atoms with Crippen LogP contribution in [0, 0.1) is 0 Å². The van der Waals surface area contributed by atoms with Crippen molar-refractivity contribution in [1.82, 2.24) is 5.32 Å². The Bertz CT molecular complexity index is 315. The van der Waals surface area contributed by atoms with E-state index in [1.807, 2.05) is 0 Å². The first kappa shape index (κ1) is 15.2. The van der Waals surface area contributed by atoms with Crippen LogP contribution in [0.4, 0.5) is 0 Å². The van der Waals surface area contributed by atoms with Gasteiger partial charge in [0.1, 0.15) is 5.54 Å². The third-order valence-electron chi connectivity index (χ3n) is 4.30.